The summed E-state index contributed by atoms with van der Waals surface area (Å²) < 4.78 is 5.69. The summed E-state index contributed by atoms with van der Waals surface area (Å²) >= 11 is 0. The second-order valence-electron chi connectivity index (χ2n) is 9.15. The van der Waals surface area contributed by atoms with Gasteiger partial charge in [0.15, 0.2) is 0 Å². The van der Waals surface area contributed by atoms with Crippen LogP contribution in [-0.4, -0.2) is 11.6 Å². The average Bonchev–Trinajstić information content (AvgIpc) is 2.70. The molecule has 0 aromatic carbocycles. The molecule has 0 fully saturated rings. The minimum Gasteiger partial charge on any atom is -0.455 e. The zero-order chi connectivity index (χ0) is 22.5. The van der Waals surface area contributed by atoms with Gasteiger partial charge in [0.2, 0.25) is 0 Å². The standard InChI is InChI=1S/C28H50O2/c1-6-8-9-10-11-12-13-14-15-16-17-18-19-20-21-24-27(29)30-28(5,7-2)25-22-23-26(3)4/h7,14-15,23H,2,6,8-13,16-22,24-25H2,1,3-5H3/b15-14-. The fraction of sp³-hybridized carbons (Fsp3) is 0.750. The molecule has 0 radical (unpaired) electrons. The molecule has 0 heterocycles. The Morgan fingerprint density at radius 2 is 1.37 bits per heavy atom. The van der Waals surface area contributed by atoms with Gasteiger partial charge in [0, 0.05) is 6.42 Å². The average molecular weight is 419 g/mol. The summed E-state index contributed by atoms with van der Waals surface area (Å²) in [5.74, 6) is -0.0905. The van der Waals surface area contributed by atoms with Gasteiger partial charge in [-0.2, -0.15) is 0 Å². The summed E-state index contributed by atoms with van der Waals surface area (Å²) in [6, 6.07) is 0. The largest absolute Gasteiger partial charge is 0.455 e. The molecule has 0 saturated heterocycles. The summed E-state index contributed by atoms with van der Waals surface area (Å²) in [6.07, 6.45) is 27.3. The number of unbranched alkanes of at least 4 members (excludes halogenated alkanes) is 11. The molecule has 0 aromatic heterocycles. The summed E-state index contributed by atoms with van der Waals surface area (Å²) in [7, 11) is 0. The lowest BCUT2D eigenvalue weighted by Gasteiger charge is -2.25. The van der Waals surface area contributed by atoms with Crippen LogP contribution in [0.3, 0.4) is 0 Å². The van der Waals surface area contributed by atoms with E-state index in [0.29, 0.717) is 6.42 Å². The third-order valence-corrected chi connectivity index (χ3v) is 5.61. The molecule has 30 heavy (non-hydrogen) atoms. The van der Waals surface area contributed by atoms with E-state index in [9.17, 15) is 4.79 Å². The van der Waals surface area contributed by atoms with E-state index in [-0.39, 0.29) is 5.97 Å². The zero-order valence-electron chi connectivity index (χ0n) is 20.6. The van der Waals surface area contributed by atoms with Crippen LogP contribution in [0.4, 0.5) is 0 Å². The van der Waals surface area contributed by atoms with E-state index < -0.39 is 5.60 Å². The van der Waals surface area contributed by atoms with Crippen molar-refractivity contribution in [3.63, 3.8) is 0 Å². The maximum absolute atomic E-state index is 12.2. The zero-order valence-corrected chi connectivity index (χ0v) is 20.6. The lowest BCUT2D eigenvalue weighted by molar-refractivity contribution is -0.154. The molecule has 2 nitrogen and oxygen atoms in total. The molecule has 174 valence electrons. The Morgan fingerprint density at radius 1 is 0.833 bits per heavy atom. The predicted molar refractivity (Wildman–Crippen MR) is 133 cm³/mol. The predicted octanol–water partition coefficient (Wildman–Crippen LogP) is 9.26. The molecule has 0 saturated carbocycles. The van der Waals surface area contributed by atoms with Crippen molar-refractivity contribution in [1.82, 2.24) is 0 Å². The monoisotopic (exact) mass is 418 g/mol. The Labute approximate surface area is 188 Å². The quantitative estimate of drug-likeness (QED) is 0.112. The number of hydrogen-bond acceptors (Lipinski definition) is 2. The molecule has 2 heteroatoms. The minimum atomic E-state index is -0.551. The maximum Gasteiger partial charge on any atom is 0.306 e. The molecule has 0 amide bonds. The molecule has 0 aliphatic heterocycles. The van der Waals surface area contributed by atoms with Crippen molar-refractivity contribution in [2.75, 3.05) is 0 Å². The highest BCUT2D eigenvalue weighted by Crippen LogP contribution is 2.21. The Bertz CT molecular complexity index is 485. The van der Waals surface area contributed by atoms with Crippen molar-refractivity contribution in [3.05, 3.63) is 36.5 Å². The Morgan fingerprint density at radius 3 is 1.90 bits per heavy atom. The highest BCUT2D eigenvalue weighted by atomic mass is 16.6. The molecular weight excluding hydrogens is 368 g/mol. The fourth-order valence-electron chi connectivity index (χ4n) is 3.49. The fourth-order valence-corrected chi connectivity index (χ4v) is 3.49. The molecule has 0 bridgehead atoms. The second-order valence-corrected chi connectivity index (χ2v) is 9.15. The summed E-state index contributed by atoms with van der Waals surface area (Å²) in [5, 5.41) is 0. The van der Waals surface area contributed by atoms with Gasteiger partial charge in [0.25, 0.3) is 0 Å². The van der Waals surface area contributed by atoms with Gasteiger partial charge in [0.05, 0.1) is 0 Å². The van der Waals surface area contributed by atoms with Gasteiger partial charge in [-0.1, -0.05) is 88.7 Å². The van der Waals surface area contributed by atoms with Crippen LogP contribution >= 0.6 is 0 Å². The normalized spacial score (nSPS) is 13.2. The van der Waals surface area contributed by atoms with Crippen LogP contribution in [0.1, 0.15) is 130 Å². The molecule has 0 aliphatic carbocycles. The van der Waals surface area contributed by atoms with E-state index >= 15 is 0 Å². The summed E-state index contributed by atoms with van der Waals surface area (Å²) in [6.45, 7) is 12.3. The summed E-state index contributed by atoms with van der Waals surface area (Å²) in [5.41, 5.74) is 0.742. The van der Waals surface area contributed by atoms with Gasteiger partial charge in [-0.05, 0) is 71.8 Å². The third kappa shape index (κ3) is 18.7. The molecular formula is C28H50O2. The van der Waals surface area contributed by atoms with Crippen molar-refractivity contribution >= 4 is 5.97 Å². The smallest absolute Gasteiger partial charge is 0.306 e. The van der Waals surface area contributed by atoms with Crippen molar-refractivity contribution in [3.8, 4) is 0 Å². The first kappa shape index (κ1) is 28.7. The van der Waals surface area contributed by atoms with E-state index in [1.54, 1.807) is 6.08 Å². The van der Waals surface area contributed by atoms with Crippen LogP contribution in [0.2, 0.25) is 0 Å². The molecule has 0 aliphatic rings. The van der Waals surface area contributed by atoms with Crippen molar-refractivity contribution in [2.24, 2.45) is 0 Å². The second kappa shape index (κ2) is 19.6. The van der Waals surface area contributed by atoms with Gasteiger partial charge in [0.1, 0.15) is 5.60 Å². The number of carbonyl (C=O) groups is 1. The Hall–Kier alpha value is -1.31. The van der Waals surface area contributed by atoms with Crippen LogP contribution in [0, 0.1) is 0 Å². The highest BCUT2D eigenvalue weighted by molar-refractivity contribution is 5.70. The topological polar surface area (TPSA) is 26.3 Å². The van der Waals surface area contributed by atoms with Crippen LogP contribution < -0.4 is 0 Å². The summed E-state index contributed by atoms with van der Waals surface area (Å²) in [4.78, 5) is 12.2. The maximum atomic E-state index is 12.2. The van der Waals surface area contributed by atoms with Gasteiger partial charge in [-0.15, -0.1) is 0 Å². The lowest BCUT2D eigenvalue weighted by atomic mass is 9.99. The number of ether oxygens (including phenoxy) is 1. The van der Waals surface area contributed by atoms with Crippen molar-refractivity contribution < 1.29 is 9.53 Å². The van der Waals surface area contributed by atoms with E-state index in [2.05, 4.69) is 45.6 Å². The van der Waals surface area contributed by atoms with Crippen LogP contribution in [0.25, 0.3) is 0 Å². The first-order valence-corrected chi connectivity index (χ1v) is 12.6. The SMILES string of the molecule is C=CC(C)(CCC=C(C)C)OC(=O)CCCCCCC/C=C\CCCCCCCC. The molecule has 0 N–H and O–H groups in total. The van der Waals surface area contributed by atoms with E-state index in [4.69, 9.17) is 4.74 Å². The first-order chi connectivity index (χ1) is 14.4. The van der Waals surface area contributed by atoms with Crippen molar-refractivity contribution in [2.45, 2.75) is 136 Å². The van der Waals surface area contributed by atoms with Gasteiger partial charge >= 0.3 is 5.97 Å². The van der Waals surface area contributed by atoms with Crippen LogP contribution in [-0.2, 0) is 9.53 Å². The minimum absolute atomic E-state index is 0.0905. The number of carbonyl (C=O) groups excluding carboxylic acids is 1. The third-order valence-electron chi connectivity index (χ3n) is 5.61. The molecule has 1 atom stereocenters. The van der Waals surface area contributed by atoms with Gasteiger partial charge in [-0.3, -0.25) is 4.79 Å². The van der Waals surface area contributed by atoms with E-state index in [0.717, 1.165) is 25.7 Å². The molecule has 1 unspecified atom stereocenters. The van der Waals surface area contributed by atoms with Crippen molar-refractivity contribution in [1.29, 1.82) is 0 Å². The number of allylic oxidation sites excluding steroid dienone is 4. The number of hydrogen-bond donors (Lipinski definition) is 0. The number of esters is 1. The molecule has 0 aromatic rings. The van der Waals surface area contributed by atoms with E-state index in [1.165, 1.54) is 76.2 Å². The molecule has 0 rings (SSSR count). The molecule has 0 spiro atoms. The van der Waals surface area contributed by atoms with Gasteiger partial charge < -0.3 is 4.74 Å². The Kier molecular flexibility index (Phi) is 18.8. The van der Waals surface area contributed by atoms with Crippen LogP contribution in [0.5, 0.6) is 0 Å². The van der Waals surface area contributed by atoms with Crippen LogP contribution in [0.15, 0.2) is 36.5 Å². The Balaban J connectivity index is 3.62. The van der Waals surface area contributed by atoms with Gasteiger partial charge in [-0.25, -0.2) is 0 Å². The highest BCUT2D eigenvalue weighted by Gasteiger charge is 2.23. The lowest BCUT2D eigenvalue weighted by Crippen LogP contribution is -2.29. The number of rotatable bonds is 20. The van der Waals surface area contributed by atoms with E-state index in [1.807, 2.05) is 6.92 Å². The first-order valence-electron chi connectivity index (χ1n) is 12.6.